The van der Waals surface area contributed by atoms with Crippen LogP contribution in [0.15, 0.2) is 34.5 Å². The van der Waals surface area contributed by atoms with Gasteiger partial charge in [-0.2, -0.15) is 0 Å². The number of aromatic nitrogens is 1. The van der Waals surface area contributed by atoms with Crippen LogP contribution in [0.25, 0.3) is 10.2 Å². The number of thiophene rings is 1. The molecule has 0 saturated carbocycles. The lowest BCUT2D eigenvalue weighted by molar-refractivity contribution is 0.603. The quantitative estimate of drug-likeness (QED) is 0.714. The molecule has 2 heterocycles. The van der Waals surface area contributed by atoms with Gasteiger partial charge in [-0.3, -0.25) is 4.72 Å². The Morgan fingerprint density at radius 3 is 2.76 bits per heavy atom. The molecule has 0 bridgehead atoms. The van der Waals surface area contributed by atoms with Crippen molar-refractivity contribution in [2.45, 2.75) is 17.6 Å². The number of hydrogen-bond acceptors (Lipinski definition) is 6. The van der Waals surface area contributed by atoms with Crippen LogP contribution in [0.1, 0.15) is 11.8 Å². The molecule has 5 nitrogen and oxygen atoms in total. The fourth-order valence-electron chi connectivity index (χ4n) is 1.84. The second kappa shape index (κ2) is 5.28. The summed E-state index contributed by atoms with van der Waals surface area (Å²) < 4.78 is 28.3. The molecule has 3 aromatic rings. The number of rotatable bonds is 4. The van der Waals surface area contributed by atoms with Gasteiger partial charge in [0.15, 0.2) is 5.13 Å². The second-order valence-corrected chi connectivity index (χ2v) is 8.53. The monoisotopic (exact) mass is 339 g/mol. The van der Waals surface area contributed by atoms with Gasteiger partial charge in [-0.25, -0.2) is 13.4 Å². The van der Waals surface area contributed by atoms with Crippen molar-refractivity contribution in [3.63, 3.8) is 0 Å². The van der Waals surface area contributed by atoms with E-state index < -0.39 is 10.0 Å². The smallest absolute Gasteiger partial charge is 0.273 e. The first-order valence-electron chi connectivity index (χ1n) is 6.25. The van der Waals surface area contributed by atoms with Crippen molar-refractivity contribution in [1.29, 1.82) is 0 Å². The van der Waals surface area contributed by atoms with Crippen molar-refractivity contribution in [2.75, 3.05) is 10.5 Å². The molecule has 0 aliphatic carbocycles. The molecule has 0 saturated heterocycles. The number of hydrogen-bond donors (Lipinski definition) is 2. The number of aryl methyl sites for hydroxylation is 1. The van der Waals surface area contributed by atoms with Crippen LogP contribution in [0.3, 0.4) is 0 Å². The standard InChI is InChI=1S/C13H13N3O2S3/c1-2-9-4-6-12(19-9)21(17,18)16-13-15-10-5-3-8(14)7-11(10)20-13/h3-7H,2,14H2,1H3,(H,15,16). The summed E-state index contributed by atoms with van der Waals surface area (Å²) in [5.74, 6) is 0. The van der Waals surface area contributed by atoms with E-state index in [0.717, 1.165) is 21.5 Å². The largest absolute Gasteiger partial charge is 0.399 e. The highest BCUT2D eigenvalue weighted by molar-refractivity contribution is 7.94. The third-order valence-corrected chi connectivity index (χ3v) is 7.01. The van der Waals surface area contributed by atoms with Gasteiger partial charge in [0.25, 0.3) is 10.0 Å². The number of nitrogens with two attached hydrogens (primary N) is 1. The molecule has 110 valence electrons. The minimum atomic E-state index is -3.58. The number of thiazole rings is 1. The van der Waals surface area contributed by atoms with Crippen LogP contribution in [0, 0.1) is 0 Å². The third-order valence-electron chi connectivity index (χ3n) is 2.88. The molecular weight excluding hydrogens is 326 g/mol. The summed E-state index contributed by atoms with van der Waals surface area (Å²) >= 11 is 2.54. The molecule has 3 rings (SSSR count). The van der Waals surface area contributed by atoms with Gasteiger partial charge in [-0.1, -0.05) is 18.3 Å². The summed E-state index contributed by atoms with van der Waals surface area (Å²) in [5, 5.41) is 0.349. The SMILES string of the molecule is CCc1ccc(S(=O)(=O)Nc2nc3ccc(N)cc3s2)s1. The van der Waals surface area contributed by atoms with Crippen molar-refractivity contribution in [2.24, 2.45) is 0 Å². The first kappa shape index (κ1) is 14.3. The molecule has 8 heteroatoms. The zero-order chi connectivity index (χ0) is 15.0. The van der Waals surface area contributed by atoms with Gasteiger partial charge in [-0.05, 0) is 36.8 Å². The fourth-order valence-corrected chi connectivity index (χ4v) is 5.29. The van der Waals surface area contributed by atoms with Gasteiger partial charge in [0.05, 0.1) is 10.2 Å². The minimum absolute atomic E-state index is 0.304. The molecule has 0 radical (unpaired) electrons. The topological polar surface area (TPSA) is 85.1 Å². The summed E-state index contributed by atoms with van der Waals surface area (Å²) in [7, 11) is -3.58. The van der Waals surface area contributed by atoms with E-state index in [0.29, 0.717) is 15.0 Å². The normalized spacial score (nSPS) is 11.9. The predicted molar refractivity (Wildman–Crippen MR) is 88.5 cm³/mol. The first-order chi connectivity index (χ1) is 9.98. The van der Waals surface area contributed by atoms with E-state index in [9.17, 15) is 8.42 Å². The number of sulfonamides is 1. The minimum Gasteiger partial charge on any atom is -0.399 e. The average molecular weight is 339 g/mol. The van der Waals surface area contributed by atoms with Gasteiger partial charge in [-0.15, -0.1) is 11.3 Å². The summed E-state index contributed by atoms with van der Waals surface area (Å²) in [5.41, 5.74) is 7.07. The molecular formula is C13H13N3O2S3. The summed E-state index contributed by atoms with van der Waals surface area (Å²) in [6, 6.07) is 8.76. The van der Waals surface area contributed by atoms with Crippen LogP contribution in [0.5, 0.6) is 0 Å². The Balaban J connectivity index is 1.93. The van der Waals surface area contributed by atoms with E-state index in [1.54, 1.807) is 24.3 Å². The zero-order valence-electron chi connectivity index (χ0n) is 11.2. The summed E-state index contributed by atoms with van der Waals surface area (Å²) in [6.45, 7) is 1.99. The zero-order valence-corrected chi connectivity index (χ0v) is 13.6. The maximum atomic E-state index is 12.3. The van der Waals surface area contributed by atoms with Gasteiger partial charge in [0.1, 0.15) is 4.21 Å². The van der Waals surface area contributed by atoms with Crippen LogP contribution in [0.2, 0.25) is 0 Å². The Labute approximate surface area is 130 Å². The lowest BCUT2D eigenvalue weighted by Gasteiger charge is -2.01. The van der Waals surface area contributed by atoms with E-state index in [-0.39, 0.29) is 0 Å². The number of fused-ring (bicyclic) bond motifs is 1. The maximum Gasteiger partial charge on any atom is 0.273 e. The highest BCUT2D eigenvalue weighted by Gasteiger charge is 2.18. The molecule has 1 aromatic carbocycles. The Kier molecular flexibility index (Phi) is 3.60. The molecule has 2 aromatic heterocycles. The average Bonchev–Trinajstić information content (AvgIpc) is 3.03. The van der Waals surface area contributed by atoms with E-state index in [2.05, 4.69) is 9.71 Å². The van der Waals surface area contributed by atoms with E-state index >= 15 is 0 Å². The Morgan fingerprint density at radius 2 is 2.05 bits per heavy atom. The second-order valence-electron chi connectivity index (χ2n) is 4.43. The van der Waals surface area contributed by atoms with Crippen molar-refractivity contribution in [1.82, 2.24) is 4.98 Å². The van der Waals surface area contributed by atoms with Crippen LogP contribution >= 0.6 is 22.7 Å². The highest BCUT2D eigenvalue weighted by Crippen LogP contribution is 2.30. The van der Waals surface area contributed by atoms with Gasteiger partial charge < -0.3 is 5.73 Å². The lowest BCUT2D eigenvalue weighted by atomic mass is 10.3. The summed E-state index contributed by atoms with van der Waals surface area (Å²) in [6.07, 6.45) is 0.820. The van der Waals surface area contributed by atoms with Crippen LogP contribution in [0.4, 0.5) is 10.8 Å². The van der Waals surface area contributed by atoms with Crippen LogP contribution in [-0.4, -0.2) is 13.4 Å². The fraction of sp³-hybridized carbons (Fsp3) is 0.154. The molecule has 0 atom stereocenters. The number of nitrogens with one attached hydrogen (secondary N) is 1. The van der Waals surface area contributed by atoms with Crippen molar-refractivity contribution >= 4 is 53.7 Å². The first-order valence-corrected chi connectivity index (χ1v) is 9.37. The van der Waals surface area contributed by atoms with E-state index in [1.165, 1.54) is 22.7 Å². The maximum absolute atomic E-state index is 12.3. The molecule has 0 aliphatic heterocycles. The molecule has 21 heavy (non-hydrogen) atoms. The molecule has 0 unspecified atom stereocenters. The Bertz CT molecular complexity index is 896. The number of anilines is 2. The summed E-state index contributed by atoms with van der Waals surface area (Å²) in [4.78, 5) is 5.30. The highest BCUT2D eigenvalue weighted by atomic mass is 32.2. The van der Waals surface area contributed by atoms with Gasteiger partial charge >= 0.3 is 0 Å². The Hall–Kier alpha value is -1.64. The molecule has 0 spiro atoms. The molecule has 0 fully saturated rings. The molecule has 0 amide bonds. The number of nitrogen functional groups attached to an aromatic ring is 1. The van der Waals surface area contributed by atoms with Crippen molar-refractivity contribution < 1.29 is 8.42 Å². The van der Waals surface area contributed by atoms with E-state index in [4.69, 9.17) is 5.73 Å². The molecule has 3 N–H and O–H groups in total. The lowest BCUT2D eigenvalue weighted by Crippen LogP contribution is -2.10. The van der Waals surface area contributed by atoms with Crippen LogP contribution in [-0.2, 0) is 16.4 Å². The van der Waals surface area contributed by atoms with Crippen molar-refractivity contribution in [3.05, 3.63) is 35.2 Å². The van der Waals surface area contributed by atoms with Gasteiger partial charge in [0.2, 0.25) is 0 Å². The molecule has 0 aliphatic rings. The predicted octanol–water partition coefficient (Wildman–Crippen LogP) is 3.30. The van der Waals surface area contributed by atoms with Crippen LogP contribution < -0.4 is 10.5 Å². The number of nitrogens with zero attached hydrogens (tertiary/aromatic N) is 1. The van der Waals surface area contributed by atoms with Crippen molar-refractivity contribution in [3.8, 4) is 0 Å². The third kappa shape index (κ3) is 2.87. The van der Waals surface area contributed by atoms with Gasteiger partial charge in [0, 0.05) is 10.6 Å². The number of benzene rings is 1. The van der Waals surface area contributed by atoms with E-state index in [1.807, 2.05) is 13.0 Å². The Morgan fingerprint density at radius 1 is 1.24 bits per heavy atom.